The molecule has 0 unspecified atom stereocenters. The molecule has 3 nitrogen and oxygen atoms in total. The molecule has 2 aromatic heterocycles. The second-order valence-corrected chi connectivity index (χ2v) is 10.8. The third kappa shape index (κ3) is 4.82. The number of nitrogens with zero attached hydrogens (tertiary/aromatic N) is 1. The van der Waals surface area contributed by atoms with Gasteiger partial charge in [0, 0.05) is 33.5 Å². The Morgan fingerprint density at radius 2 is 0.961 bits per heavy atom. The van der Waals surface area contributed by atoms with E-state index in [9.17, 15) is 13.7 Å². The first kappa shape index (κ1) is 12.5. The van der Waals surface area contributed by atoms with E-state index in [0.29, 0.717) is 0 Å². The summed E-state index contributed by atoms with van der Waals surface area (Å²) in [4.78, 5) is 0.844. The Morgan fingerprint density at radius 3 is 1.75 bits per heavy atom. The van der Waals surface area contributed by atoms with Crippen molar-refractivity contribution in [3.63, 3.8) is 0 Å². The highest BCUT2D eigenvalue weighted by Crippen LogP contribution is 2.50. The summed E-state index contributed by atoms with van der Waals surface area (Å²) in [5.74, 6) is 0. The quantitative estimate of drug-likeness (QED) is 0.175. The molecule has 0 N–H and O–H groups in total. The molecule has 51 heavy (non-hydrogen) atoms. The fraction of sp³-hybridized carbons (Fsp3) is 0. The van der Waals surface area contributed by atoms with Crippen molar-refractivity contribution in [1.29, 1.82) is 0 Å². The third-order valence-electron chi connectivity index (χ3n) is 8.01. The molecule has 0 bridgehead atoms. The van der Waals surface area contributed by atoms with Gasteiger partial charge in [-0.05, 0) is 70.2 Å². The van der Waals surface area contributed by atoms with Crippen molar-refractivity contribution in [2.75, 3.05) is 4.90 Å². The lowest BCUT2D eigenvalue weighted by molar-refractivity contribution is 0.669. The van der Waals surface area contributed by atoms with Crippen molar-refractivity contribution in [3.8, 4) is 33.4 Å². The molecule has 0 fully saturated rings. The van der Waals surface area contributed by atoms with Crippen molar-refractivity contribution >= 4 is 60.9 Å². The van der Waals surface area contributed by atoms with Crippen molar-refractivity contribution < 1.29 is 47.2 Å². The molecule has 3 heteroatoms. The molecule has 2 heterocycles. The van der Waals surface area contributed by atoms with Crippen LogP contribution in [0, 0.1) is 0 Å². The lowest BCUT2D eigenvalue weighted by Gasteiger charge is -2.30. The number of fused-ring (bicyclic) bond motifs is 6. The predicted octanol–water partition coefficient (Wildman–Crippen LogP) is 14.0. The maximum absolute atomic E-state index is 9.78. The van der Waals surface area contributed by atoms with E-state index in [1.54, 1.807) is 0 Å². The molecule has 0 saturated heterocycles. The predicted molar refractivity (Wildman–Crippen MR) is 212 cm³/mol. The first-order valence-electron chi connectivity index (χ1n) is 29.0. The topological polar surface area (TPSA) is 29.5 Å². The Kier molecular flexibility index (Phi) is 2.92. The Morgan fingerprint density at radius 1 is 0.392 bits per heavy atom. The van der Waals surface area contributed by atoms with Crippen LogP contribution in [0.5, 0.6) is 0 Å². The number of hydrogen-bond donors (Lipinski definition) is 0. The van der Waals surface area contributed by atoms with Gasteiger partial charge >= 0.3 is 0 Å². The van der Waals surface area contributed by atoms with Crippen molar-refractivity contribution in [1.82, 2.24) is 0 Å². The molecule has 10 rings (SSSR count). The average Bonchev–Trinajstić information content (AvgIpc) is 4.14. The molecule has 0 atom stereocenters. The monoisotopic (exact) mass is 681 g/mol. The van der Waals surface area contributed by atoms with Crippen LogP contribution < -0.4 is 4.90 Å². The highest BCUT2D eigenvalue weighted by molar-refractivity contribution is 6.15. The first-order chi connectivity index (χ1) is 36.9. The second-order valence-electron chi connectivity index (χ2n) is 10.8. The molecule has 0 aliphatic heterocycles. The highest BCUT2D eigenvalue weighted by Gasteiger charge is 2.25. The van der Waals surface area contributed by atoms with Crippen molar-refractivity contribution in [2.45, 2.75) is 0 Å². The Balaban J connectivity index is 1.56. The van der Waals surface area contributed by atoms with E-state index in [0.717, 1.165) is 23.1 Å². The van der Waals surface area contributed by atoms with E-state index in [4.69, 9.17) is 33.5 Å². The second kappa shape index (κ2) is 11.9. The molecule has 240 valence electrons. The molecule has 0 spiro atoms. The molecular weight excluding hydrogens is 623 g/mol. The van der Waals surface area contributed by atoms with Gasteiger partial charge < -0.3 is 13.7 Å². The average molecular weight is 682 g/mol. The molecule has 0 aliphatic rings. The fourth-order valence-corrected chi connectivity index (χ4v) is 5.93. The van der Waals surface area contributed by atoms with Crippen molar-refractivity contribution in [3.05, 3.63) is 187 Å². The molecule has 10 aromatic rings. The fourth-order valence-electron chi connectivity index (χ4n) is 5.93. The highest BCUT2D eigenvalue weighted by atomic mass is 16.3. The van der Waals surface area contributed by atoms with Crippen LogP contribution in [0.1, 0.15) is 38.4 Å². The van der Waals surface area contributed by atoms with Gasteiger partial charge in [0.2, 0.25) is 0 Å². The number of hydrogen-bond acceptors (Lipinski definition) is 3. The van der Waals surface area contributed by atoms with E-state index in [-0.39, 0.29) is 10.8 Å². The van der Waals surface area contributed by atoms with Gasteiger partial charge in [0.05, 0.1) is 55.1 Å². The zero-order valence-corrected chi connectivity index (χ0v) is 25.5. The Bertz CT molecular complexity index is 4430. The van der Waals surface area contributed by atoms with Gasteiger partial charge in [-0.15, -0.1) is 0 Å². The van der Waals surface area contributed by atoms with Crippen LogP contribution in [0.3, 0.4) is 0 Å². The van der Waals surface area contributed by atoms with Gasteiger partial charge in [-0.25, -0.2) is 0 Å². The van der Waals surface area contributed by atoms with Gasteiger partial charge in [0.1, 0.15) is 22.3 Å². The Hall–Kier alpha value is -6.84. The molecule has 0 saturated carbocycles. The molecule has 0 radical (unpaired) electrons. The summed E-state index contributed by atoms with van der Waals surface area (Å²) in [6.45, 7) is 0. The van der Waals surface area contributed by atoms with E-state index >= 15 is 0 Å². The number of benzene rings is 8. The van der Waals surface area contributed by atoms with Gasteiger partial charge in [0.15, 0.2) is 0 Å². The minimum Gasteiger partial charge on any atom is -0.456 e. The van der Waals surface area contributed by atoms with E-state index < -0.39 is 253 Å². The lowest BCUT2D eigenvalue weighted by Crippen LogP contribution is -2.12. The van der Waals surface area contributed by atoms with Crippen LogP contribution >= 0.6 is 0 Å². The maximum atomic E-state index is 9.78. The number of rotatable bonds is 6. The van der Waals surface area contributed by atoms with Crippen molar-refractivity contribution in [2.24, 2.45) is 0 Å². The number of anilines is 3. The van der Waals surface area contributed by atoms with Crippen LogP contribution in [0.25, 0.3) is 77.3 Å². The van der Waals surface area contributed by atoms with Gasteiger partial charge in [-0.2, -0.15) is 0 Å². The van der Waals surface area contributed by atoms with Gasteiger partial charge in [0.25, 0.3) is 0 Å². The van der Waals surface area contributed by atoms with Crippen LogP contribution in [0.4, 0.5) is 17.1 Å². The summed E-state index contributed by atoms with van der Waals surface area (Å²) in [6, 6.07) is -23.3. The molecule has 0 aliphatic carbocycles. The summed E-state index contributed by atoms with van der Waals surface area (Å²) < 4.78 is 264. The number of para-hydroxylation sites is 2. The van der Waals surface area contributed by atoms with Crippen LogP contribution in [0.15, 0.2) is 196 Å². The van der Waals surface area contributed by atoms with Crippen LogP contribution in [-0.4, -0.2) is 0 Å². The largest absolute Gasteiger partial charge is 0.456 e. The molecular formula is C48H31NO2. The standard InChI is InChI=1S/C48H31NO2/c1-3-15-32(16-4-1)35-19-7-8-21-39(35)47-36(33-17-5-2-6-18-33)23-13-24-41(47)49(34-29-30-38-37-20-9-11-26-43(37)51-46(38)31-34)42-25-14-28-45-48(42)40-22-10-12-27-44(40)50-45/h1-31H/i1D,2D,3D,4D,5D,6D,7D,8D,9D,10D,11D,12D,13D,14D,15D,16D,17D,18D,19D,20D,21D,22D,23D,25D,26D,27D,28D,30D. The van der Waals surface area contributed by atoms with E-state index in [2.05, 4.69) is 0 Å². The third-order valence-corrected chi connectivity index (χ3v) is 8.01. The van der Waals surface area contributed by atoms with Crippen LogP contribution in [0.2, 0.25) is 0 Å². The summed E-state index contributed by atoms with van der Waals surface area (Å²) in [6.07, 6.45) is 0. The maximum Gasteiger partial charge on any atom is 0.137 e. The minimum atomic E-state index is -1.14. The van der Waals surface area contributed by atoms with E-state index in [1.807, 2.05) is 0 Å². The zero-order valence-electron chi connectivity index (χ0n) is 53.5. The Labute approximate surface area is 334 Å². The summed E-state index contributed by atoms with van der Waals surface area (Å²) in [7, 11) is 0. The summed E-state index contributed by atoms with van der Waals surface area (Å²) >= 11 is 0. The van der Waals surface area contributed by atoms with Gasteiger partial charge in [-0.3, -0.25) is 0 Å². The van der Waals surface area contributed by atoms with Gasteiger partial charge in [-0.1, -0.05) is 139 Å². The summed E-state index contributed by atoms with van der Waals surface area (Å²) in [5, 5.41) is -1.63. The molecule has 0 amide bonds. The van der Waals surface area contributed by atoms with Crippen LogP contribution in [-0.2, 0) is 0 Å². The van der Waals surface area contributed by atoms with E-state index in [1.165, 1.54) is 0 Å². The zero-order chi connectivity index (χ0) is 58.1. The normalized spacial score (nSPS) is 19.2. The lowest BCUT2D eigenvalue weighted by atomic mass is 9.87. The first-order valence-corrected chi connectivity index (χ1v) is 15.0. The minimum absolute atomic E-state index is 0.240. The SMILES string of the molecule is [2H]c1cc(N(c2cc([2H])c3c(c2)oc2c([2H])c([2H])c([2H])c([2H])c23)c2c([2H])c([2H])c([2H])c3oc4c([2H])c([2H])c([2H])c([2H])c4c23)c(-c2c([2H])c([2H])c([2H])c([2H])c2-c2c([2H])c([2H])c([2H])c([2H])c2[2H])c(-c2c([2H])c([2H])c([2H])c([2H])c2[2H])c1[2H]. The number of furan rings is 2. The molecule has 8 aromatic carbocycles. The summed E-state index contributed by atoms with van der Waals surface area (Å²) in [5.41, 5.74) is -9.67. The smallest absolute Gasteiger partial charge is 0.137 e.